The highest BCUT2D eigenvalue weighted by molar-refractivity contribution is 9.10. The summed E-state index contributed by atoms with van der Waals surface area (Å²) < 4.78 is 1.03. The molecular formula is C20H20BrN3O2. The van der Waals surface area contributed by atoms with Crippen LogP contribution in [0, 0.1) is 11.3 Å². The van der Waals surface area contributed by atoms with Gasteiger partial charge in [0.25, 0.3) is 5.91 Å². The van der Waals surface area contributed by atoms with Crippen LogP contribution < -0.4 is 10.6 Å². The van der Waals surface area contributed by atoms with E-state index in [0.29, 0.717) is 19.5 Å². The maximum atomic E-state index is 12.0. The molecule has 2 rings (SSSR count). The lowest BCUT2D eigenvalue weighted by molar-refractivity contribution is -0.117. The zero-order valence-electron chi connectivity index (χ0n) is 14.2. The Morgan fingerprint density at radius 1 is 1.04 bits per heavy atom. The largest absolute Gasteiger partial charge is 0.508 e. The molecule has 0 heterocycles. The maximum absolute atomic E-state index is 12.0. The fraction of sp³-hybridized carbons (Fsp3) is 0.200. The van der Waals surface area contributed by atoms with Crippen molar-refractivity contribution in [2.75, 3.05) is 13.1 Å². The molecule has 0 saturated carbocycles. The molecule has 2 aromatic carbocycles. The predicted molar refractivity (Wildman–Crippen MR) is 104 cm³/mol. The number of nitrogens with zero attached hydrogens (tertiary/aromatic N) is 1. The molecule has 0 radical (unpaired) electrons. The fourth-order valence-corrected chi connectivity index (χ4v) is 2.53. The maximum Gasteiger partial charge on any atom is 0.263 e. The van der Waals surface area contributed by atoms with Crippen molar-refractivity contribution in [1.82, 2.24) is 10.6 Å². The molecule has 0 aliphatic carbocycles. The van der Waals surface area contributed by atoms with Crippen LogP contribution in [0.3, 0.4) is 0 Å². The summed E-state index contributed by atoms with van der Waals surface area (Å²) in [5.41, 5.74) is 2.22. The highest BCUT2D eigenvalue weighted by Gasteiger charge is 2.07. The molecule has 0 fully saturated rings. The van der Waals surface area contributed by atoms with E-state index in [0.717, 1.165) is 16.5 Å². The van der Waals surface area contributed by atoms with Gasteiger partial charge in [-0.15, -0.1) is 0 Å². The van der Waals surface area contributed by atoms with Crippen molar-refractivity contribution in [1.29, 1.82) is 5.26 Å². The number of halogens is 1. The third-order valence-electron chi connectivity index (χ3n) is 3.72. The van der Waals surface area contributed by atoms with Crippen LogP contribution in [0.5, 0.6) is 5.75 Å². The Morgan fingerprint density at radius 3 is 2.23 bits per heavy atom. The number of benzene rings is 2. The van der Waals surface area contributed by atoms with Crippen LogP contribution >= 0.6 is 15.9 Å². The summed E-state index contributed by atoms with van der Waals surface area (Å²) in [7, 11) is 0. The van der Waals surface area contributed by atoms with Crippen LogP contribution in [0.4, 0.5) is 0 Å². The van der Waals surface area contributed by atoms with Gasteiger partial charge in [0.1, 0.15) is 17.4 Å². The number of phenols is 1. The van der Waals surface area contributed by atoms with Crippen molar-refractivity contribution in [3.8, 4) is 11.8 Å². The number of nitriles is 1. The molecule has 0 spiro atoms. The van der Waals surface area contributed by atoms with E-state index in [1.54, 1.807) is 24.3 Å². The second kappa shape index (κ2) is 10.3. The molecule has 0 bridgehead atoms. The van der Waals surface area contributed by atoms with Crippen molar-refractivity contribution < 1.29 is 9.90 Å². The summed E-state index contributed by atoms with van der Waals surface area (Å²) in [6.07, 6.45) is 2.88. The van der Waals surface area contributed by atoms with Crippen LogP contribution in [-0.2, 0) is 17.6 Å². The first-order chi connectivity index (χ1) is 12.6. The lowest BCUT2D eigenvalue weighted by Crippen LogP contribution is -2.27. The molecule has 26 heavy (non-hydrogen) atoms. The Hall–Kier alpha value is -2.78. The molecular weight excluding hydrogens is 394 g/mol. The monoisotopic (exact) mass is 413 g/mol. The zero-order valence-corrected chi connectivity index (χ0v) is 15.8. The topological polar surface area (TPSA) is 85.2 Å². The van der Waals surface area contributed by atoms with Crippen molar-refractivity contribution in [2.24, 2.45) is 0 Å². The summed E-state index contributed by atoms with van der Waals surface area (Å²) in [5, 5.41) is 24.1. The Balaban J connectivity index is 1.74. The van der Waals surface area contributed by atoms with E-state index in [1.165, 1.54) is 11.8 Å². The van der Waals surface area contributed by atoms with Crippen LogP contribution in [0.15, 0.2) is 64.8 Å². The molecule has 134 valence electrons. The molecule has 0 unspecified atom stereocenters. The number of hydrogen-bond acceptors (Lipinski definition) is 4. The van der Waals surface area contributed by atoms with Gasteiger partial charge in [-0.25, -0.2) is 0 Å². The van der Waals surface area contributed by atoms with Gasteiger partial charge in [0.2, 0.25) is 0 Å². The van der Waals surface area contributed by atoms with Gasteiger partial charge >= 0.3 is 0 Å². The second-order valence-electron chi connectivity index (χ2n) is 5.67. The van der Waals surface area contributed by atoms with E-state index in [2.05, 4.69) is 26.6 Å². The average molecular weight is 414 g/mol. The number of nitrogens with one attached hydrogen (secondary N) is 2. The lowest BCUT2D eigenvalue weighted by atomic mass is 10.1. The first-order valence-corrected chi connectivity index (χ1v) is 9.02. The Labute approximate surface area is 161 Å². The quantitative estimate of drug-likeness (QED) is 0.352. The number of amides is 1. The van der Waals surface area contributed by atoms with E-state index in [9.17, 15) is 9.90 Å². The van der Waals surface area contributed by atoms with E-state index < -0.39 is 5.91 Å². The van der Waals surface area contributed by atoms with Crippen LogP contribution in [0.25, 0.3) is 0 Å². The molecule has 0 aromatic heterocycles. The Morgan fingerprint density at radius 2 is 1.62 bits per heavy atom. The van der Waals surface area contributed by atoms with Gasteiger partial charge in [0.05, 0.1) is 0 Å². The average Bonchev–Trinajstić information content (AvgIpc) is 2.65. The number of carbonyl (C=O) groups is 1. The summed E-state index contributed by atoms with van der Waals surface area (Å²) in [6, 6.07) is 16.7. The summed E-state index contributed by atoms with van der Waals surface area (Å²) in [6.45, 7) is 1.05. The predicted octanol–water partition coefficient (Wildman–Crippen LogP) is 3.05. The van der Waals surface area contributed by atoms with Crippen molar-refractivity contribution in [3.05, 3.63) is 75.9 Å². The molecule has 2 aromatic rings. The van der Waals surface area contributed by atoms with Crippen molar-refractivity contribution in [2.45, 2.75) is 12.8 Å². The van der Waals surface area contributed by atoms with Crippen LogP contribution in [0.2, 0.25) is 0 Å². The number of carbonyl (C=O) groups excluding carboxylic acids is 1. The van der Waals surface area contributed by atoms with Gasteiger partial charge in [-0.1, -0.05) is 40.2 Å². The molecule has 3 N–H and O–H groups in total. The molecule has 6 heteroatoms. The molecule has 0 aliphatic heterocycles. The molecule has 0 aliphatic rings. The van der Waals surface area contributed by atoms with Crippen molar-refractivity contribution in [3.63, 3.8) is 0 Å². The first-order valence-electron chi connectivity index (χ1n) is 8.22. The highest BCUT2D eigenvalue weighted by Crippen LogP contribution is 2.11. The molecule has 5 nitrogen and oxygen atoms in total. The fourth-order valence-electron chi connectivity index (χ4n) is 2.27. The number of hydrogen-bond donors (Lipinski definition) is 3. The van der Waals surface area contributed by atoms with E-state index in [4.69, 9.17) is 5.26 Å². The van der Waals surface area contributed by atoms with Gasteiger partial charge in [0, 0.05) is 23.8 Å². The second-order valence-corrected chi connectivity index (χ2v) is 6.59. The van der Waals surface area contributed by atoms with Crippen molar-refractivity contribution >= 4 is 21.8 Å². The van der Waals surface area contributed by atoms with Gasteiger partial charge in [-0.05, 0) is 48.2 Å². The normalized spacial score (nSPS) is 10.8. The van der Waals surface area contributed by atoms with E-state index in [1.807, 2.05) is 30.3 Å². The van der Waals surface area contributed by atoms with Crippen LogP contribution in [-0.4, -0.2) is 24.1 Å². The van der Waals surface area contributed by atoms with Crippen LogP contribution in [0.1, 0.15) is 11.1 Å². The smallest absolute Gasteiger partial charge is 0.263 e. The third-order valence-corrected chi connectivity index (χ3v) is 4.25. The number of aromatic hydroxyl groups is 1. The molecule has 0 atom stereocenters. The van der Waals surface area contributed by atoms with Gasteiger partial charge in [-0.3, -0.25) is 4.79 Å². The summed E-state index contributed by atoms with van der Waals surface area (Å²) in [5.74, 6) is -0.191. The Bertz CT molecular complexity index is 793. The van der Waals surface area contributed by atoms with Gasteiger partial charge in [0.15, 0.2) is 0 Å². The van der Waals surface area contributed by atoms with Gasteiger partial charge < -0.3 is 15.7 Å². The van der Waals surface area contributed by atoms with Gasteiger partial charge in [-0.2, -0.15) is 5.26 Å². The lowest BCUT2D eigenvalue weighted by Gasteiger charge is -2.06. The minimum absolute atomic E-state index is 0.0477. The minimum Gasteiger partial charge on any atom is -0.508 e. The number of phenolic OH excluding ortho intramolecular Hbond substituents is 1. The zero-order chi connectivity index (χ0) is 18.8. The highest BCUT2D eigenvalue weighted by atomic mass is 79.9. The summed E-state index contributed by atoms with van der Waals surface area (Å²) >= 11 is 3.39. The molecule has 1 amide bonds. The summed E-state index contributed by atoms with van der Waals surface area (Å²) in [4.78, 5) is 12.0. The molecule has 0 saturated heterocycles. The Kier molecular flexibility index (Phi) is 7.72. The third kappa shape index (κ3) is 6.61. The SMILES string of the molecule is N#C/C(=C/NCCc1ccc(Br)cc1)C(=O)NCCc1ccc(O)cc1. The van der Waals surface area contributed by atoms with E-state index >= 15 is 0 Å². The minimum atomic E-state index is -0.401. The van der Waals surface area contributed by atoms with E-state index in [-0.39, 0.29) is 11.3 Å². The standard InChI is InChI=1S/C20H20BrN3O2/c21-18-5-1-15(2-6-18)9-11-23-14-17(13-22)20(26)24-12-10-16-3-7-19(25)8-4-16/h1-8,14,23,25H,9-12H2,(H,24,26)/b17-14-. The number of rotatable bonds is 8. The first kappa shape index (κ1) is 19.5.